The van der Waals surface area contributed by atoms with Crippen molar-refractivity contribution in [3.05, 3.63) is 57.8 Å². The van der Waals surface area contributed by atoms with Gasteiger partial charge in [-0.25, -0.2) is 4.98 Å². The number of halogens is 1. The third-order valence-corrected chi connectivity index (χ3v) is 5.64. The number of methoxy groups -OCH3 is 1. The highest BCUT2D eigenvalue weighted by atomic mass is 35.5. The summed E-state index contributed by atoms with van der Waals surface area (Å²) in [4.78, 5) is 30.0. The van der Waals surface area contributed by atoms with Crippen LogP contribution in [0.4, 0.5) is 5.69 Å². The standard InChI is InChI=1S/C20H18ClN3O3S/c1-27-17-9-6-12(21)10-16(17)22-18(25)11-28-20-23-15-5-3-2-4-14(15)19(26)24(20)13-7-8-13/h2-6,9-10,13H,7-8,11H2,1H3,(H,22,25). The first kappa shape index (κ1) is 18.8. The Kier molecular flexibility index (Phi) is 5.28. The summed E-state index contributed by atoms with van der Waals surface area (Å²) in [5, 5.41) is 4.48. The Morgan fingerprint density at radius 2 is 2.11 bits per heavy atom. The predicted molar refractivity (Wildman–Crippen MR) is 112 cm³/mol. The van der Waals surface area contributed by atoms with Crippen molar-refractivity contribution >= 4 is 45.9 Å². The van der Waals surface area contributed by atoms with Gasteiger partial charge >= 0.3 is 0 Å². The van der Waals surface area contributed by atoms with Gasteiger partial charge in [0.2, 0.25) is 5.91 Å². The fraction of sp³-hybridized carbons (Fsp3) is 0.250. The molecule has 1 amide bonds. The maximum atomic E-state index is 12.9. The van der Waals surface area contributed by atoms with Gasteiger partial charge in [0.15, 0.2) is 5.16 Å². The van der Waals surface area contributed by atoms with Gasteiger partial charge in [0, 0.05) is 11.1 Å². The van der Waals surface area contributed by atoms with Crippen molar-refractivity contribution in [2.75, 3.05) is 18.2 Å². The molecule has 0 spiro atoms. The van der Waals surface area contributed by atoms with E-state index in [2.05, 4.69) is 10.3 Å². The molecule has 1 saturated carbocycles. The zero-order valence-corrected chi connectivity index (χ0v) is 16.7. The summed E-state index contributed by atoms with van der Waals surface area (Å²) in [5.74, 6) is 0.421. The third kappa shape index (κ3) is 3.86. The number of fused-ring (bicyclic) bond motifs is 1. The Morgan fingerprint density at radius 3 is 2.86 bits per heavy atom. The van der Waals surface area contributed by atoms with Crippen LogP contribution in [0.1, 0.15) is 18.9 Å². The molecule has 0 aliphatic heterocycles. The number of thioether (sulfide) groups is 1. The minimum absolute atomic E-state index is 0.0486. The van der Waals surface area contributed by atoms with Gasteiger partial charge in [0.25, 0.3) is 5.56 Å². The minimum atomic E-state index is -0.227. The number of hydrogen-bond acceptors (Lipinski definition) is 5. The van der Waals surface area contributed by atoms with E-state index in [0.717, 1.165) is 12.8 Å². The number of anilines is 1. The highest BCUT2D eigenvalue weighted by Crippen LogP contribution is 2.37. The number of para-hydroxylation sites is 1. The molecule has 144 valence electrons. The van der Waals surface area contributed by atoms with E-state index in [-0.39, 0.29) is 23.3 Å². The molecular formula is C20H18ClN3O3S. The molecular weight excluding hydrogens is 398 g/mol. The second kappa shape index (κ2) is 7.85. The number of benzene rings is 2. The monoisotopic (exact) mass is 415 g/mol. The van der Waals surface area contributed by atoms with E-state index in [9.17, 15) is 9.59 Å². The second-order valence-corrected chi connectivity index (χ2v) is 7.88. The molecule has 1 fully saturated rings. The quantitative estimate of drug-likeness (QED) is 0.484. The molecule has 0 radical (unpaired) electrons. The molecule has 0 saturated heterocycles. The van der Waals surface area contributed by atoms with Crippen molar-refractivity contribution < 1.29 is 9.53 Å². The van der Waals surface area contributed by atoms with E-state index in [1.165, 1.54) is 18.9 Å². The van der Waals surface area contributed by atoms with Crippen molar-refractivity contribution in [2.24, 2.45) is 0 Å². The molecule has 1 aliphatic rings. The van der Waals surface area contributed by atoms with Crippen LogP contribution in [-0.2, 0) is 4.79 Å². The van der Waals surface area contributed by atoms with Crippen LogP contribution in [0.5, 0.6) is 5.75 Å². The van der Waals surface area contributed by atoms with E-state index in [0.29, 0.717) is 32.5 Å². The fourth-order valence-electron chi connectivity index (χ4n) is 2.98. The number of amides is 1. The van der Waals surface area contributed by atoms with E-state index in [1.54, 1.807) is 28.8 Å². The molecule has 3 aromatic rings. The van der Waals surface area contributed by atoms with Crippen molar-refractivity contribution in [1.29, 1.82) is 0 Å². The Morgan fingerprint density at radius 1 is 1.32 bits per heavy atom. The van der Waals surface area contributed by atoms with Gasteiger partial charge in [-0.15, -0.1) is 0 Å². The van der Waals surface area contributed by atoms with Gasteiger partial charge in [-0.05, 0) is 43.2 Å². The Bertz CT molecular complexity index is 1110. The van der Waals surface area contributed by atoms with Crippen molar-refractivity contribution in [3.63, 3.8) is 0 Å². The van der Waals surface area contributed by atoms with E-state index >= 15 is 0 Å². The summed E-state index contributed by atoms with van der Waals surface area (Å²) in [5.41, 5.74) is 1.10. The molecule has 0 unspecified atom stereocenters. The summed E-state index contributed by atoms with van der Waals surface area (Å²) in [6.07, 6.45) is 1.92. The lowest BCUT2D eigenvalue weighted by molar-refractivity contribution is -0.113. The molecule has 0 bridgehead atoms. The first-order valence-electron chi connectivity index (χ1n) is 8.84. The molecule has 8 heteroatoms. The molecule has 2 aromatic carbocycles. The largest absolute Gasteiger partial charge is 0.495 e. The first-order chi connectivity index (χ1) is 13.6. The van der Waals surface area contributed by atoms with Crippen LogP contribution in [0.25, 0.3) is 10.9 Å². The fourth-order valence-corrected chi connectivity index (χ4v) is 4.01. The molecule has 1 aromatic heterocycles. The van der Waals surface area contributed by atoms with Crippen LogP contribution in [0, 0.1) is 0 Å². The highest BCUT2D eigenvalue weighted by molar-refractivity contribution is 7.99. The Balaban J connectivity index is 1.56. The number of carbonyl (C=O) groups is 1. The molecule has 1 aliphatic carbocycles. The Hall–Kier alpha value is -2.51. The van der Waals surface area contributed by atoms with Gasteiger partial charge in [0.05, 0.1) is 29.5 Å². The number of nitrogens with one attached hydrogen (secondary N) is 1. The zero-order chi connectivity index (χ0) is 19.7. The first-order valence-corrected chi connectivity index (χ1v) is 10.2. The SMILES string of the molecule is COc1ccc(Cl)cc1NC(=O)CSc1nc2ccccc2c(=O)n1C1CC1. The number of carbonyl (C=O) groups excluding carboxylic acids is 1. The lowest BCUT2D eigenvalue weighted by Crippen LogP contribution is -2.23. The smallest absolute Gasteiger partial charge is 0.262 e. The number of hydrogen-bond donors (Lipinski definition) is 1. The molecule has 0 atom stereocenters. The summed E-state index contributed by atoms with van der Waals surface area (Å²) in [6.45, 7) is 0. The van der Waals surface area contributed by atoms with Gasteiger partial charge in [-0.2, -0.15) is 0 Å². The van der Waals surface area contributed by atoms with Crippen LogP contribution >= 0.6 is 23.4 Å². The average molecular weight is 416 g/mol. The maximum absolute atomic E-state index is 12.9. The second-order valence-electron chi connectivity index (χ2n) is 6.50. The van der Waals surface area contributed by atoms with E-state index < -0.39 is 0 Å². The molecule has 4 rings (SSSR count). The van der Waals surface area contributed by atoms with Crippen LogP contribution < -0.4 is 15.6 Å². The Labute approximate surface area is 170 Å². The van der Waals surface area contributed by atoms with Gasteiger partial charge in [-0.1, -0.05) is 35.5 Å². The topological polar surface area (TPSA) is 73.2 Å². The summed E-state index contributed by atoms with van der Waals surface area (Å²) in [7, 11) is 1.53. The number of rotatable bonds is 6. The minimum Gasteiger partial charge on any atom is -0.495 e. The van der Waals surface area contributed by atoms with Crippen LogP contribution in [0.3, 0.4) is 0 Å². The normalized spacial score (nSPS) is 13.5. The van der Waals surface area contributed by atoms with Gasteiger partial charge < -0.3 is 10.1 Å². The highest BCUT2D eigenvalue weighted by Gasteiger charge is 2.28. The average Bonchev–Trinajstić information content (AvgIpc) is 3.51. The van der Waals surface area contributed by atoms with Gasteiger partial charge in [0.1, 0.15) is 5.75 Å². The van der Waals surface area contributed by atoms with Crippen molar-refractivity contribution in [3.8, 4) is 5.75 Å². The van der Waals surface area contributed by atoms with Gasteiger partial charge in [-0.3, -0.25) is 14.2 Å². The predicted octanol–water partition coefficient (Wildman–Crippen LogP) is 4.12. The van der Waals surface area contributed by atoms with Crippen molar-refractivity contribution in [2.45, 2.75) is 24.0 Å². The van der Waals surface area contributed by atoms with Crippen LogP contribution in [0.2, 0.25) is 5.02 Å². The van der Waals surface area contributed by atoms with Crippen molar-refractivity contribution in [1.82, 2.24) is 9.55 Å². The number of aromatic nitrogens is 2. The summed E-state index contributed by atoms with van der Waals surface area (Å²) in [6, 6.07) is 12.5. The molecule has 1 heterocycles. The van der Waals surface area contributed by atoms with E-state index in [4.69, 9.17) is 16.3 Å². The van der Waals surface area contributed by atoms with Crippen LogP contribution in [-0.4, -0.2) is 28.3 Å². The summed E-state index contributed by atoms with van der Waals surface area (Å²) < 4.78 is 6.97. The summed E-state index contributed by atoms with van der Waals surface area (Å²) >= 11 is 7.26. The number of nitrogens with zero attached hydrogens (tertiary/aromatic N) is 2. The lowest BCUT2D eigenvalue weighted by Gasteiger charge is -2.13. The molecule has 6 nitrogen and oxygen atoms in total. The molecule has 28 heavy (non-hydrogen) atoms. The van der Waals surface area contributed by atoms with E-state index in [1.807, 2.05) is 18.2 Å². The van der Waals surface area contributed by atoms with Crippen LogP contribution in [0.15, 0.2) is 52.4 Å². The lowest BCUT2D eigenvalue weighted by atomic mass is 10.2. The molecule has 1 N–H and O–H groups in total. The third-order valence-electron chi connectivity index (χ3n) is 4.46. The zero-order valence-electron chi connectivity index (χ0n) is 15.1. The number of ether oxygens (including phenoxy) is 1. The maximum Gasteiger partial charge on any atom is 0.262 e.